The van der Waals surface area contributed by atoms with Crippen molar-refractivity contribution >= 4 is 44.1 Å². The number of ether oxygens (including phenoxy) is 1. The number of halogens is 2. The van der Waals surface area contributed by atoms with E-state index in [1.54, 1.807) is 6.20 Å². The summed E-state index contributed by atoms with van der Waals surface area (Å²) in [7, 11) is 0. The smallest absolute Gasteiger partial charge is 0.146 e. The van der Waals surface area contributed by atoms with Crippen LogP contribution in [0.3, 0.4) is 0 Å². The molecule has 106 valence electrons. The van der Waals surface area contributed by atoms with E-state index in [1.165, 1.54) is 0 Å². The van der Waals surface area contributed by atoms with Gasteiger partial charge in [0.25, 0.3) is 0 Å². The lowest BCUT2D eigenvalue weighted by atomic mass is 10.1. The van der Waals surface area contributed by atoms with E-state index in [2.05, 4.69) is 20.9 Å². The van der Waals surface area contributed by atoms with Crippen LogP contribution >= 0.6 is 27.5 Å². The van der Waals surface area contributed by atoms with Gasteiger partial charge in [-0.3, -0.25) is 4.98 Å². The Hall–Kier alpha value is -1.78. The van der Waals surface area contributed by atoms with Gasteiger partial charge >= 0.3 is 0 Å². The van der Waals surface area contributed by atoms with Crippen molar-refractivity contribution < 1.29 is 4.74 Å². The number of aromatic nitrogens is 1. The van der Waals surface area contributed by atoms with Crippen LogP contribution in [0.15, 0.2) is 53.1 Å². The highest BCUT2D eigenvalue weighted by atomic mass is 79.9. The van der Waals surface area contributed by atoms with Crippen molar-refractivity contribution in [2.24, 2.45) is 0 Å². The molecule has 0 saturated heterocycles. The molecule has 0 aliphatic carbocycles. The Balaban J connectivity index is 1.95. The van der Waals surface area contributed by atoms with Crippen molar-refractivity contribution in [2.75, 3.05) is 5.73 Å². The number of nitrogen functional groups attached to an aromatic ring is 1. The summed E-state index contributed by atoms with van der Waals surface area (Å²) in [6, 6.07) is 13.2. The number of hydrogen-bond donors (Lipinski definition) is 1. The van der Waals surface area contributed by atoms with E-state index in [0.717, 1.165) is 20.9 Å². The van der Waals surface area contributed by atoms with E-state index >= 15 is 0 Å². The van der Waals surface area contributed by atoms with Gasteiger partial charge < -0.3 is 10.5 Å². The van der Waals surface area contributed by atoms with Crippen LogP contribution in [-0.4, -0.2) is 4.98 Å². The van der Waals surface area contributed by atoms with Crippen LogP contribution in [0, 0.1) is 0 Å². The average molecular weight is 364 g/mol. The molecule has 3 aromatic rings. The van der Waals surface area contributed by atoms with Crippen LogP contribution in [0.5, 0.6) is 5.75 Å². The third kappa shape index (κ3) is 2.96. The average Bonchev–Trinajstić information content (AvgIpc) is 2.48. The SMILES string of the molecule is Nc1ccc(OCc2ccccc2Cl)c2ncc(Br)cc12. The number of nitrogens with zero attached hydrogens (tertiary/aromatic N) is 1. The second kappa shape index (κ2) is 5.92. The summed E-state index contributed by atoms with van der Waals surface area (Å²) in [6.07, 6.45) is 1.73. The summed E-state index contributed by atoms with van der Waals surface area (Å²) in [5, 5.41) is 1.55. The first kappa shape index (κ1) is 14.2. The molecule has 0 fully saturated rings. The molecule has 0 amide bonds. The maximum atomic E-state index is 6.13. The normalized spacial score (nSPS) is 10.8. The van der Waals surface area contributed by atoms with Crippen molar-refractivity contribution in [1.82, 2.24) is 4.98 Å². The van der Waals surface area contributed by atoms with Gasteiger partial charge in [0.2, 0.25) is 0 Å². The van der Waals surface area contributed by atoms with E-state index in [9.17, 15) is 0 Å². The van der Waals surface area contributed by atoms with Crippen LogP contribution in [0.1, 0.15) is 5.56 Å². The number of fused-ring (bicyclic) bond motifs is 1. The first-order chi connectivity index (χ1) is 10.1. The number of pyridine rings is 1. The molecule has 3 nitrogen and oxygen atoms in total. The second-order valence-electron chi connectivity index (χ2n) is 4.58. The van der Waals surface area contributed by atoms with Crippen LogP contribution in [0.4, 0.5) is 5.69 Å². The lowest BCUT2D eigenvalue weighted by Crippen LogP contribution is -1.98. The lowest BCUT2D eigenvalue weighted by Gasteiger charge is -2.11. The van der Waals surface area contributed by atoms with Crippen molar-refractivity contribution in [3.05, 3.63) is 63.7 Å². The molecule has 3 rings (SSSR count). The summed E-state index contributed by atoms with van der Waals surface area (Å²) in [4.78, 5) is 4.39. The number of anilines is 1. The summed E-state index contributed by atoms with van der Waals surface area (Å²) >= 11 is 9.53. The molecule has 0 saturated carbocycles. The summed E-state index contributed by atoms with van der Waals surface area (Å²) in [5.41, 5.74) is 8.33. The van der Waals surface area contributed by atoms with Gasteiger partial charge in [-0.1, -0.05) is 29.8 Å². The lowest BCUT2D eigenvalue weighted by molar-refractivity contribution is 0.309. The number of benzene rings is 2. The molecule has 0 spiro atoms. The predicted molar refractivity (Wildman–Crippen MR) is 89.6 cm³/mol. The molecule has 1 aromatic heterocycles. The maximum Gasteiger partial charge on any atom is 0.146 e. The first-order valence-corrected chi connectivity index (χ1v) is 7.52. The zero-order valence-electron chi connectivity index (χ0n) is 11.0. The largest absolute Gasteiger partial charge is 0.487 e. The van der Waals surface area contributed by atoms with Gasteiger partial charge in [-0.2, -0.15) is 0 Å². The molecule has 0 bridgehead atoms. The van der Waals surface area contributed by atoms with Crippen molar-refractivity contribution in [2.45, 2.75) is 6.61 Å². The van der Waals surface area contributed by atoms with E-state index < -0.39 is 0 Å². The van der Waals surface area contributed by atoms with E-state index in [-0.39, 0.29) is 0 Å². The molecule has 1 heterocycles. The van der Waals surface area contributed by atoms with Crippen molar-refractivity contribution in [3.63, 3.8) is 0 Å². The Morgan fingerprint density at radius 3 is 2.81 bits per heavy atom. The predicted octanol–water partition coefficient (Wildman–Crippen LogP) is 4.81. The third-order valence-corrected chi connectivity index (χ3v) is 3.96. The maximum absolute atomic E-state index is 6.13. The summed E-state index contributed by atoms with van der Waals surface area (Å²) in [6.45, 7) is 0.385. The van der Waals surface area contributed by atoms with Crippen molar-refractivity contribution in [3.8, 4) is 5.75 Å². The van der Waals surface area contributed by atoms with Crippen molar-refractivity contribution in [1.29, 1.82) is 0 Å². The van der Waals surface area contributed by atoms with Crippen LogP contribution < -0.4 is 10.5 Å². The molecule has 0 aliphatic heterocycles. The monoisotopic (exact) mass is 362 g/mol. The molecule has 0 radical (unpaired) electrons. The highest BCUT2D eigenvalue weighted by Gasteiger charge is 2.08. The zero-order valence-corrected chi connectivity index (χ0v) is 13.4. The number of rotatable bonds is 3. The van der Waals surface area contributed by atoms with E-state index in [4.69, 9.17) is 22.1 Å². The number of nitrogens with two attached hydrogens (primary N) is 1. The van der Waals surface area contributed by atoms with Gasteiger partial charge in [-0.05, 0) is 40.2 Å². The van der Waals surface area contributed by atoms with Gasteiger partial charge in [0.05, 0.1) is 0 Å². The second-order valence-corrected chi connectivity index (χ2v) is 5.91. The van der Waals surface area contributed by atoms with Gasteiger partial charge in [0, 0.05) is 32.3 Å². The molecule has 0 aliphatic rings. The summed E-state index contributed by atoms with van der Waals surface area (Å²) in [5.74, 6) is 0.687. The minimum Gasteiger partial charge on any atom is -0.487 e. The van der Waals surface area contributed by atoms with E-state index in [0.29, 0.717) is 23.1 Å². The Morgan fingerprint density at radius 2 is 2.00 bits per heavy atom. The van der Waals surface area contributed by atoms with Gasteiger partial charge in [-0.25, -0.2) is 0 Å². The molecular formula is C16H12BrClN2O. The topological polar surface area (TPSA) is 48.1 Å². The Morgan fingerprint density at radius 1 is 1.19 bits per heavy atom. The fourth-order valence-corrected chi connectivity index (χ4v) is 2.60. The fourth-order valence-electron chi connectivity index (χ4n) is 2.08. The van der Waals surface area contributed by atoms with Crippen LogP contribution in [0.25, 0.3) is 10.9 Å². The Bertz CT molecular complexity index is 807. The molecule has 5 heteroatoms. The molecule has 2 aromatic carbocycles. The first-order valence-electron chi connectivity index (χ1n) is 6.35. The third-order valence-electron chi connectivity index (χ3n) is 3.15. The molecular weight excluding hydrogens is 352 g/mol. The Labute approximate surface area is 135 Å². The van der Waals surface area contributed by atoms with Crippen LogP contribution in [0.2, 0.25) is 5.02 Å². The van der Waals surface area contributed by atoms with Gasteiger partial charge in [0.15, 0.2) is 0 Å². The molecule has 0 atom stereocenters. The molecule has 21 heavy (non-hydrogen) atoms. The Kier molecular flexibility index (Phi) is 3.99. The van der Waals surface area contributed by atoms with Gasteiger partial charge in [0.1, 0.15) is 17.9 Å². The number of hydrogen-bond acceptors (Lipinski definition) is 3. The zero-order chi connectivity index (χ0) is 14.8. The fraction of sp³-hybridized carbons (Fsp3) is 0.0625. The molecule has 0 unspecified atom stereocenters. The van der Waals surface area contributed by atoms with Gasteiger partial charge in [-0.15, -0.1) is 0 Å². The standard InChI is InChI=1S/C16H12BrClN2O/c17-11-7-12-14(19)5-6-15(16(12)20-8-11)21-9-10-3-1-2-4-13(10)18/h1-8H,9,19H2. The minimum absolute atomic E-state index is 0.385. The summed E-state index contributed by atoms with van der Waals surface area (Å²) < 4.78 is 6.74. The highest BCUT2D eigenvalue weighted by Crippen LogP contribution is 2.31. The van der Waals surface area contributed by atoms with E-state index in [1.807, 2.05) is 42.5 Å². The highest BCUT2D eigenvalue weighted by molar-refractivity contribution is 9.10. The minimum atomic E-state index is 0.385. The quantitative estimate of drug-likeness (QED) is 0.679. The molecule has 2 N–H and O–H groups in total. The van der Waals surface area contributed by atoms with Crippen LogP contribution in [-0.2, 0) is 6.61 Å².